The molecule has 3 N–H and O–H groups in total. The topological polar surface area (TPSA) is 113 Å². The molecule has 0 aromatic heterocycles. The van der Waals surface area contributed by atoms with E-state index in [9.17, 15) is 9.59 Å². The fraction of sp³-hybridized carbons (Fsp3) is 0.889. The summed E-state index contributed by atoms with van der Waals surface area (Å²) in [5.41, 5.74) is 0. The molecule has 7 heteroatoms. The van der Waals surface area contributed by atoms with Gasteiger partial charge in [-0.15, -0.1) is 0 Å². The second kappa shape index (κ2) is 22.8. The smallest absolute Gasteiger partial charge is 0.305 e. The molecule has 0 amide bonds. The Hall–Kier alpha value is -1.18. The molecule has 0 saturated carbocycles. The number of aliphatic hydroxyl groups is 2. The van der Waals surface area contributed by atoms with Crippen LogP contribution in [0.25, 0.3) is 0 Å². The Morgan fingerprint density at radius 1 is 0.760 bits per heavy atom. The zero-order valence-electron chi connectivity index (χ0n) is 15.6. The Morgan fingerprint density at radius 3 is 1.88 bits per heavy atom. The average molecular weight is 364 g/mol. The van der Waals surface area contributed by atoms with E-state index in [1.165, 1.54) is 25.7 Å². The Balaban J connectivity index is 0. The molecule has 0 atom stereocenters. The number of carbonyl (C=O) groups is 2. The highest BCUT2D eigenvalue weighted by molar-refractivity contribution is 5.69. The van der Waals surface area contributed by atoms with Gasteiger partial charge in [0.25, 0.3) is 0 Å². The molecule has 0 aliphatic heterocycles. The monoisotopic (exact) mass is 364 g/mol. The predicted octanol–water partition coefficient (Wildman–Crippen LogP) is 2.52. The van der Waals surface area contributed by atoms with E-state index in [-0.39, 0.29) is 25.6 Å². The molecule has 0 fully saturated rings. The van der Waals surface area contributed by atoms with E-state index >= 15 is 0 Å². The third kappa shape index (κ3) is 27.9. The number of carbonyl (C=O) groups excluding carboxylic acids is 1. The molecule has 0 unspecified atom stereocenters. The minimum Gasteiger partial charge on any atom is -0.481 e. The van der Waals surface area contributed by atoms with Crippen LogP contribution in [-0.4, -0.2) is 60.3 Å². The van der Waals surface area contributed by atoms with Gasteiger partial charge in [-0.2, -0.15) is 0 Å². The summed E-state index contributed by atoms with van der Waals surface area (Å²) >= 11 is 0. The number of carboxylic acids is 1. The average Bonchev–Trinajstić information content (AvgIpc) is 2.59. The Bertz CT molecular complexity index is 291. The zero-order valence-corrected chi connectivity index (χ0v) is 15.6. The van der Waals surface area contributed by atoms with Crippen LogP contribution in [0, 0.1) is 0 Å². The minimum atomic E-state index is -0.810. The molecule has 0 aliphatic rings. The van der Waals surface area contributed by atoms with Crippen LogP contribution < -0.4 is 0 Å². The van der Waals surface area contributed by atoms with Crippen LogP contribution >= 0.6 is 0 Å². The van der Waals surface area contributed by atoms with Crippen molar-refractivity contribution in [2.75, 3.05) is 33.0 Å². The summed E-state index contributed by atoms with van der Waals surface area (Å²) in [6.07, 6.45) is 8.66. The van der Waals surface area contributed by atoms with Gasteiger partial charge in [0.15, 0.2) is 0 Å². The molecule has 0 bridgehead atoms. The molecule has 0 aromatic rings. The first-order valence-electron chi connectivity index (χ1n) is 9.25. The summed E-state index contributed by atoms with van der Waals surface area (Å²) in [6.45, 7) is 3.39. The number of unbranched alkanes of at least 4 members (excludes halogenated alkanes) is 6. The summed E-state index contributed by atoms with van der Waals surface area (Å²) < 4.78 is 9.70. The predicted molar refractivity (Wildman–Crippen MR) is 95.4 cm³/mol. The molecular weight excluding hydrogens is 328 g/mol. The van der Waals surface area contributed by atoms with Crippen molar-refractivity contribution in [1.29, 1.82) is 0 Å². The second-order valence-electron chi connectivity index (χ2n) is 5.65. The van der Waals surface area contributed by atoms with E-state index in [1.807, 2.05) is 0 Å². The molecule has 7 nitrogen and oxygen atoms in total. The molecule has 25 heavy (non-hydrogen) atoms. The summed E-state index contributed by atoms with van der Waals surface area (Å²) in [6, 6.07) is 0. The fourth-order valence-corrected chi connectivity index (χ4v) is 1.92. The first kappa shape index (κ1) is 26.1. The number of aliphatic hydroxyl groups excluding tert-OH is 2. The Kier molecular flexibility index (Phi) is 23.8. The SMILES string of the molecule is CCCCCCCCOC(=O)CCCCC(=O)O.OCCOCCO. The van der Waals surface area contributed by atoms with Gasteiger partial charge >= 0.3 is 11.9 Å². The van der Waals surface area contributed by atoms with Crippen LogP contribution in [0.1, 0.15) is 71.1 Å². The normalized spacial score (nSPS) is 10.0. The van der Waals surface area contributed by atoms with Crippen LogP contribution in [-0.2, 0) is 19.1 Å². The van der Waals surface area contributed by atoms with Crippen LogP contribution in [0.15, 0.2) is 0 Å². The van der Waals surface area contributed by atoms with Gasteiger partial charge in [0.2, 0.25) is 0 Å². The van der Waals surface area contributed by atoms with Crippen molar-refractivity contribution in [3.05, 3.63) is 0 Å². The lowest BCUT2D eigenvalue weighted by Crippen LogP contribution is -2.06. The van der Waals surface area contributed by atoms with E-state index in [2.05, 4.69) is 11.7 Å². The standard InChI is InChI=1S/C14H26O4.C4H10O3/c1-2-3-4-5-6-9-12-18-14(17)11-8-7-10-13(15)16;5-1-3-7-4-2-6/h2-12H2,1H3,(H,15,16);5-6H,1-4H2. The van der Waals surface area contributed by atoms with Crippen LogP contribution in [0.2, 0.25) is 0 Å². The van der Waals surface area contributed by atoms with E-state index in [0.29, 0.717) is 39.1 Å². The van der Waals surface area contributed by atoms with Crippen LogP contribution in [0.5, 0.6) is 0 Å². The van der Waals surface area contributed by atoms with Gasteiger partial charge in [0, 0.05) is 12.8 Å². The first-order valence-corrected chi connectivity index (χ1v) is 9.25. The summed E-state index contributed by atoms with van der Waals surface area (Å²) in [5, 5.41) is 24.6. The van der Waals surface area contributed by atoms with Gasteiger partial charge in [-0.25, -0.2) is 0 Å². The maximum Gasteiger partial charge on any atom is 0.305 e. The molecule has 0 radical (unpaired) electrons. The van der Waals surface area contributed by atoms with Crippen molar-refractivity contribution >= 4 is 11.9 Å². The lowest BCUT2D eigenvalue weighted by Gasteiger charge is -2.04. The van der Waals surface area contributed by atoms with Gasteiger partial charge in [-0.1, -0.05) is 39.0 Å². The van der Waals surface area contributed by atoms with Gasteiger partial charge < -0.3 is 24.8 Å². The Labute approximate surface area is 151 Å². The number of carboxylic acid groups (broad SMARTS) is 1. The third-order valence-corrected chi connectivity index (χ3v) is 3.25. The number of hydrogen-bond donors (Lipinski definition) is 3. The van der Waals surface area contributed by atoms with Gasteiger partial charge in [-0.05, 0) is 19.3 Å². The summed E-state index contributed by atoms with van der Waals surface area (Å²) in [5.74, 6) is -1.01. The summed E-state index contributed by atoms with van der Waals surface area (Å²) in [4.78, 5) is 21.5. The van der Waals surface area contributed by atoms with Crippen molar-refractivity contribution in [3.8, 4) is 0 Å². The van der Waals surface area contributed by atoms with Crippen LogP contribution in [0.4, 0.5) is 0 Å². The number of aliphatic carboxylic acids is 1. The molecule has 0 heterocycles. The molecular formula is C18H36O7. The van der Waals surface area contributed by atoms with Gasteiger partial charge in [0.05, 0.1) is 33.0 Å². The van der Waals surface area contributed by atoms with Crippen molar-refractivity contribution in [1.82, 2.24) is 0 Å². The third-order valence-electron chi connectivity index (χ3n) is 3.25. The maximum absolute atomic E-state index is 11.3. The van der Waals surface area contributed by atoms with Crippen molar-refractivity contribution in [3.63, 3.8) is 0 Å². The quantitative estimate of drug-likeness (QED) is 0.285. The van der Waals surface area contributed by atoms with E-state index < -0.39 is 5.97 Å². The minimum absolute atomic E-state index is 0.0278. The molecule has 0 aromatic carbocycles. The summed E-state index contributed by atoms with van der Waals surface area (Å²) in [7, 11) is 0. The number of hydrogen-bond acceptors (Lipinski definition) is 6. The highest BCUT2D eigenvalue weighted by atomic mass is 16.5. The van der Waals surface area contributed by atoms with Gasteiger partial charge in [0.1, 0.15) is 0 Å². The lowest BCUT2D eigenvalue weighted by molar-refractivity contribution is -0.144. The van der Waals surface area contributed by atoms with E-state index in [1.54, 1.807) is 0 Å². The highest BCUT2D eigenvalue weighted by Gasteiger charge is 2.03. The Morgan fingerprint density at radius 2 is 1.32 bits per heavy atom. The highest BCUT2D eigenvalue weighted by Crippen LogP contribution is 2.06. The fourth-order valence-electron chi connectivity index (χ4n) is 1.92. The largest absolute Gasteiger partial charge is 0.481 e. The van der Waals surface area contributed by atoms with E-state index in [0.717, 1.165) is 12.8 Å². The van der Waals surface area contributed by atoms with Crippen molar-refractivity contribution in [2.45, 2.75) is 71.1 Å². The molecule has 0 saturated heterocycles. The number of rotatable bonds is 16. The molecule has 0 spiro atoms. The van der Waals surface area contributed by atoms with Crippen LogP contribution in [0.3, 0.4) is 0 Å². The number of ether oxygens (including phenoxy) is 2. The molecule has 0 rings (SSSR count). The van der Waals surface area contributed by atoms with Crippen molar-refractivity contribution < 1.29 is 34.4 Å². The van der Waals surface area contributed by atoms with Gasteiger partial charge in [-0.3, -0.25) is 9.59 Å². The molecule has 150 valence electrons. The number of esters is 1. The molecule has 0 aliphatic carbocycles. The second-order valence-corrected chi connectivity index (χ2v) is 5.65. The lowest BCUT2D eigenvalue weighted by atomic mass is 10.1. The zero-order chi connectivity index (χ0) is 19.2. The van der Waals surface area contributed by atoms with E-state index in [4.69, 9.17) is 20.1 Å². The first-order chi connectivity index (χ1) is 12.1. The van der Waals surface area contributed by atoms with Crippen molar-refractivity contribution in [2.24, 2.45) is 0 Å². The maximum atomic E-state index is 11.3.